The number of amides is 3. The Morgan fingerprint density at radius 2 is 1.55 bits per heavy atom. The van der Waals surface area contributed by atoms with Crippen LogP contribution in [-0.2, 0) is 23.8 Å². The largest absolute Gasteiger partial charge is 0.353 e. The first kappa shape index (κ1) is 30.3. The van der Waals surface area contributed by atoms with Gasteiger partial charge in [0.2, 0.25) is 5.91 Å². The molecular formula is C31H44N3O5P. The molecule has 0 bridgehead atoms. The van der Waals surface area contributed by atoms with Crippen molar-refractivity contribution in [1.29, 1.82) is 0 Å². The van der Waals surface area contributed by atoms with Crippen molar-refractivity contribution in [2.24, 2.45) is 0 Å². The van der Waals surface area contributed by atoms with Gasteiger partial charge in [0.25, 0.3) is 0 Å². The lowest BCUT2D eigenvalue weighted by atomic mass is 9.73. The molecule has 0 atom stereocenters. The van der Waals surface area contributed by atoms with Gasteiger partial charge in [-0.2, -0.15) is 0 Å². The molecule has 40 heavy (non-hydrogen) atoms. The Bertz CT molecular complexity index is 1140. The van der Waals surface area contributed by atoms with E-state index in [1.807, 2.05) is 24.3 Å². The second kappa shape index (κ2) is 14.3. The van der Waals surface area contributed by atoms with Gasteiger partial charge in [-0.15, -0.1) is 0 Å². The summed E-state index contributed by atoms with van der Waals surface area (Å²) in [7, 11) is -3.20. The average molecular weight is 570 g/mol. The highest BCUT2D eigenvalue weighted by Crippen LogP contribution is 2.53. The lowest BCUT2D eigenvalue weighted by Gasteiger charge is -2.31. The number of nitrogens with one attached hydrogen (secondary N) is 2. The number of urea groups is 1. The summed E-state index contributed by atoms with van der Waals surface area (Å²) >= 11 is 0. The molecule has 0 spiro atoms. The zero-order valence-electron chi connectivity index (χ0n) is 24.0. The highest BCUT2D eigenvalue weighted by atomic mass is 31.2. The minimum Gasteiger partial charge on any atom is -0.353 e. The maximum absolute atomic E-state index is 14.2. The molecule has 1 fully saturated rings. The lowest BCUT2D eigenvalue weighted by Crippen LogP contribution is -2.46. The van der Waals surface area contributed by atoms with Gasteiger partial charge in [0.05, 0.1) is 19.4 Å². The fourth-order valence-electron chi connectivity index (χ4n) is 5.69. The fourth-order valence-corrected chi connectivity index (χ4v) is 7.45. The van der Waals surface area contributed by atoms with E-state index in [-0.39, 0.29) is 11.9 Å². The fraction of sp³-hybridized carbons (Fsp3) is 0.548. The van der Waals surface area contributed by atoms with E-state index < -0.39 is 13.0 Å². The second-order valence-corrected chi connectivity index (χ2v) is 12.8. The van der Waals surface area contributed by atoms with Crippen molar-refractivity contribution in [1.82, 2.24) is 15.5 Å². The number of benzene rings is 2. The molecule has 1 heterocycles. The molecule has 0 radical (unpaired) electrons. The molecule has 1 aliphatic heterocycles. The number of nitrogens with zero attached hydrogens (tertiary/aromatic N) is 1. The molecule has 218 valence electrons. The van der Waals surface area contributed by atoms with Crippen molar-refractivity contribution in [2.45, 2.75) is 64.2 Å². The molecule has 8 nitrogen and oxygen atoms in total. The van der Waals surface area contributed by atoms with Crippen LogP contribution in [0.1, 0.15) is 69.9 Å². The van der Waals surface area contributed by atoms with Gasteiger partial charge in [-0.1, -0.05) is 81.6 Å². The Balaban J connectivity index is 1.51. The average Bonchev–Trinajstić information content (AvgIpc) is 3.50. The Labute approximate surface area is 238 Å². The molecule has 3 amide bonds. The molecule has 1 saturated heterocycles. The van der Waals surface area contributed by atoms with Crippen LogP contribution < -0.4 is 10.6 Å². The molecule has 2 aromatic rings. The summed E-state index contributed by atoms with van der Waals surface area (Å²) in [4.78, 5) is 27.9. The highest BCUT2D eigenvalue weighted by molar-refractivity contribution is 7.53. The maximum atomic E-state index is 14.2. The van der Waals surface area contributed by atoms with Crippen molar-refractivity contribution in [2.75, 3.05) is 45.6 Å². The van der Waals surface area contributed by atoms with E-state index in [4.69, 9.17) is 9.05 Å². The van der Waals surface area contributed by atoms with Gasteiger partial charge < -0.3 is 24.6 Å². The predicted molar refractivity (Wildman–Crippen MR) is 159 cm³/mol. The standard InChI is InChI=1S/C31H44N3O5P/c1-3-5-22-38-40(37,39-23-6-4-2)24-12-11-17-31(29(35)32-18-20-34-21-19-33-30(34)36)27-15-9-7-13-25(27)26-14-8-10-16-28(26)31/h7-10,13-16H,3-6,11-12,17-24H2,1-2H3,(H,32,35)(H,33,36). The third-order valence-electron chi connectivity index (χ3n) is 7.87. The second-order valence-electron chi connectivity index (χ2n) is 10.6. The molecule has 2 N–H and O–H groups in total. The van der Waals surface area contributed by atoms with Gasteiger partial charge in [0.1, 0.15) is 5.41 Å². The summed E-state index contributed by atoms with van der Waals surface area (Å²) in [5.41, 5.74) is 3.27. The van der Waals surface area contributed by atoms with Crippen molar-refractivity contribution >= 4 is 19.5 Å². The maximum Gasteiger partial charge on any atom is 0.330 e. The first-order valence-corrected chi connectivity index (χ1v) is 16.6. The molecule has 4 rings (SSSR count). The number of unbranched alkanes of at least 4 members (excludes halogenated alkanes) is 3. The van der Waals surface area contributed by atoms with Crippen LogP contribution in [0.4, 0.5) is 4.79 Å². The van der Waals surface area contributed by atoms with E-state index in [9.17, 15) is 14.2 Å². The summed E-state index contributed by atoms with van der Waals surface area (Å²) in [6.45, 7) is 7.14. The summed E-state index contributed by atoms with van der Waals surface area (Å²) in [5.74, 6) is -0.0638. The minimum atomic E-state index is -3.20. The van der Waals surface area contributed by atoms with Crippen LogP contribution >= 0.6 is 7.60 Å². The lowest BCUT2D eigenvalue weighted by molar-refractivity contribution is -0.125. The van der Waals surface area contributed by atoms with Gasteiger partial charge in [0.15, 0.2) is 0 Å². The van der Waals surface area contributed by atoms with Crippen molar-refractivity contribution in [3.05, 3.63) is 59.7 Å². The SMILES string of the molecule is CCCCOP(=O)(CCCCC1(C(=O)NCCN2CCNC2=O)c2ccccc2-c2ccccc21)OCCCC. The van der Waals surface area contributed by atoms with Crippen LogP contribution in [0.25, 0.3) is 11.1 Å². The monoisotopic (exact) mass is 569 g/mol. The van der Waals surface area contributed by atoms with Crippen molar-refractivity contribution in [3.63, 3.8) is 0 Å². The highest BCUT2D eigenvalue weighted by Gasteiger charge is 2.48. The number of carbonyl (C=O) groups is 2. The van der Waals surface area contributed by atoms with Gasteiger partial charge in [-0.3, -0.25) is 9.36 Å². The van der Waals surface area contributed by atoms with E-state index in [1.54, 1.807) is 4.90 Å². The quantitative estimate of drug-likeness (QED) is 0.178. The molecular weight excluding hydrogens is 525 g/mol. The van der Waals surface area contributed by atoms with E-state index in [2.05, 4.69) is 48.7 Å². The van der Waals surface area contributed by atoms with Gasteiger partial charge in [0, 0.05) is 26.2 Å². The van der Waals surface area contributed by atoms with Gasteiger partial charge >= 0.3 is 13.6 Å². The smallest absolute Gasteiger partial charge is 0.330 e. The Kier molecular flexibility index (Phi) is 10.8. The zero-order chi connectivity index (χ0) is 28.4. The van der Waals surface area contributed by atoms with Crippen LogP contribution in [0.2, 0.25) is 0 Å². The van der Waals surface area contributed by atoms with Gasteiger partial charge in [-0.25, -0.2) is 4.79 Å². The number of hydrogen-bond donors (Lipinski definition) is 2. The third kappa shape index (κ3) is 6.79. The number of carbonyl (C=O) groups excluding carboxylic acids is 2. The normalized spacial score (nSPS) is 15.6. The third-order valence-corrected chi connectivity index (χ3v) is 9.89. The van der Waals surface area contributed by atoms with Crippen molar-refractivity contribution in [3.8, 4) is 11.1 Å². The van der Waals surface area contributed by atoms with Crippen LogP contribution in [0, 0.1) is 0 Å². The minimum absolute atomic E-state index is 0.0638. The molecule has 9 heteroatoms. The summed E-state index contributed by atoms with van der Waals surface area (Å²) < 4.78 is 25.1. The molecule has 0 unspecified atom stereocenters. The Hall–Kier alpha value is -2.67. The number of rotatable bonds is 17. The van der Waals surface area contributed by atoms with Crippen LogP contribution in [0.5, 0.6) is 0 Å². The van der Waals surface area contributed by atoms with Crippen LogP contribution in [0.15, 0.2) is 48.5 Å². The van der Waals surface area contributed by atoms with E-state index >= 15 is 0 Å². The molecule has 0 saturated carbocycles. The summed E-state index contributed by atoms with van der Waals surface area (Å²) in [6, 6.07) is 16.2. The Morgan fingerprint density at radius 3 is 2.10 bits per heavy atom. The van der Waals surface area contributed by atoms with Crippen LogP contribution in [0.3, 0.4) is 0 Å². The van der Waals surface area contributed by atoms with E-state index in [0.717, 1.165) is 47.9 Å². The summed E-state index contributed by atoms with van der Waals surface area (Å²) in [5, 5.41) is 5.96. The van der Waals surface area contributed by atoms with Crippen LogP contribution in [-0.4, -0.2) is 62.4 Å². The zero-order valence-corrected chi connectivity index (χ0v) is 24.8. The van der Waals surface area contributed by atoms with Crippen molar-refractivity contribution < 1.29 is 23.2 Å². The first-order valence-electron chi connectivity index (χ1n) is 14.8. The topological polar surface area (TPSA) is 97.0 Å². The summed E-state index contributed by atoms with van der Waals surface area (Å²) in [6.07, 6.45) is 5.84. The number of hydrogen-bond acceptors (Lipinski definition) is 5. The predicted octanol–water partition coefficient (Wildman–Crippen LogP) is 6.09. The van der Waals surface area contributed by atoms with E-state index in [1.165, 1.54) is 0 Å². The Morgan fingerprint density at radius 1 is 0.950 bits per heavy atom. The molecule has 0 aromatic heterocycles. The van der Waals surface area contributed by atoms with Gasteiger partial charge in [-0.05, 0) is 47.9 Å². The molecule has 2 aromatic carbocycles. The molecule has 2 aliphatic rings. The number of fused-ring (bicyclic) bond motifs is 3. The molecule has 1 aliphatic carbocycles. The van der Waals surface area contributed by atoms with E-state index in [0.29, 0.717) is 64.8 Å². The first-order chi connectivity index (χ1) is 19.4.